The van der Waals surface area contributed by atoms with E-state index in [0.29, 0.717) is 12.8 Å². The lowest BCUT2D eigenvalue weighted by Crippen LogP contribution is -2.12. The fourth-order valence-electron chi connectivity index (χ4n) is 1.51. The normalized spacial score (nSPS) is 11.4. The molecule has 0 amide bonds. The summed E-state index contributed by atoms with van der Waals surface area (Å²) in [5.41, 5.74) is 0.813. The zero-order valence-corrected chi connectivity index (χ0v) is 10.6. The molecule has 1 atom stereocenters. The highest BCUT2D eigenvalue weighted by molar-refractivity contribution is 9.10. The van der Waals surface area contributed by atoms with Crippen molar-refractivity contribution in [2.24, 2.45) is 0 Å². The number of halogens is 1. The van der Waals surface area contributed by atoms with Gasteiger partial charge in [0.1, 0.15) is 0 Å². The fraction of sp³-hybridized carbons (Fsp3) is 0.308. The maximum Gasteiger partial charge on any atom is 0.311 e. The Labute approximate surface area is 104 Å². The van der Waals surface area contributed by atoms with Crippen molar-refractivity contribution in [1.82, 2.24) is 0 Å². The lowest BCUT2D eigenvalue weighted by Gasteiger charge is -2.12. The van der Waals surface area contributed by atoms with E-state index < -0.39 is 11.9 Å². The lowest BCUT2D eigenvalue weighted by atomic mass is 9.94. The predicted octanol–water partition coefficient (Wildman–Crippen LogP) is 3.42. The minimum absolute atomic E-state index is 0.489. The number of carboxylic acid groups (broad SMARTS) is 1. The molecular formula is C13H13BrO2. The van der Waals surface area contributed by atoms with Crippen molar-refractivity contribution in [1.29, 1.82) is 0 Å². The van der Waals surface area contributed by atoms with E-state index in [1.165, 1.54) is 0 Å². The fourth-order valence-corrected chi connectivity index (χ4v) is 2.07. The van der Waals surface area contributed by atoms with Gasteiger partial charge in [-0.1, -0.05) is 34.1 Å². The van der Waals surface area contributed by atoms with Crippen LogP contribution in [0.15, 0.2) is 28.7 Å². The number of aliphatic carboxylic acids is 1. The molecule has 1 rings (SSSR count). The highest BCUT2D eigenvalue weighted by Crippen LogP contribution is 2.28. The first-order chi connectivity index (χ1) is 7.66. The first-order valence-electron chi connectivity index (χ1n) is 5.03. The second-order valence-electron chi connectivity index (χ2n) is 3.38. The van der Waals surface area contributed by atoms with E-state index in [2.05, 4.69) is 27.8 Å². The Balaban J connectivity index is 2.88. The molecule has 0 aromatic heterocycles. The summed E-state index contributed by atoms with van der Waals surface area (Å²) in [5, 5.41) is 9.18. The Kier molecular flexibility index (Phi) is 5.07. The van der Waals surface area contributed by atoms with E-state index in [1.807, 2.05) is 24.3 Å². The van der Waals surface area contributed by atoms with Gasteiger partial charge in [-0.15, -0.1) is 11.8 Å². The van der Waals surface area contributed by atoms with Gasteiger partial charge < -0.3 is 5.11 Å². The van der Waals surface area contributed by atoms with Crippen LogP contribution < -0.4 is 0 Å². The predicted molar refractivity (Wildman–Crippen MR) is 67.2 cm³/mol. The number of hydrogen-bond acceptors (Lipinski definition) is 1. The maximum atomic E-state index is 11.2. The van der Waals surface area contributed by atoms with Crippen LogP contribution in [0.4, 0.5) is 0 Å². The largest absolute Gasteiger partial charge is 0.481 e. The van der Waals surface area contributed by atoms with Crippen LogP contribution >= 0.6 is 15.9 Å². The molecule has 0 fully saturated rings. The van der Waals surface area contributed by atoms with Gasteiger partial charge in [-0.25, -0.2) is 0 Å². The van der Waals surface area contributed by atoms with Crippen LogP contribution in [0.5, 0.6) is 0 Å². The van der Waals surface area contributed by atoms with Gasteiger partial charge in [0.2, 0.25) is 0 Å². The number of hydrogen-bond donors (Lipinski definition) is 1. The molecule has 1 aromatic carbocycles. The number of carboxylic acids is 1. The van der Waals surface area contributed by atoms with Crippen molar-refractivity contribution in [2.45, 2.75) is 25.7 Å². The molecule has 1 unspecified atom stereocenters. The third-order valence-electron chi connectivity index (χ3n) is 2.31. The molecule has 2 nitrogen and oxygen atoms in total. The summed E-state index contributed by atoms with van der Waals surface area (Å²) in [4.78, 5) is 11.2. The summed E-state index contributed by atoms with van der Waals surface area (Å²) in [6.07, 6.45) is 1.15. The zero-order valence-electron chi connectivity index (χ0n) is 9.03. The monoisotopic (exact) mass is 280 g/mol. The average molecular weight is 281 g/mol. The minimum Gasteiger partial charge on any atom is -0.481 e. The van der Waals surface area contributed by atoms with Gasteiger partial charge in [0.05, 0.1) is 5.92 Å². The Bertz CT molecular complexity index is 429. The number of benzene rings is 1. The zero-order chi connectivity index (χ0) is 12.0. The van der Waals surface area contributed by atoms with Crippen LogP contribution in [0.3, 0.4) is 0 Å². The molecule has 16 heavy (non-hydrogen) atoms. The molecule has 0 aliphatic heterocycles. The van der Waals surface area contributed by atoms with E-state index in [1.54, 1.807) is 6.92 Å². The molecule has 0 aliphatic carbocycles. The summed E-state index contributed by atoms with van der Waals surface area (Å²) < 4.78 is 0.840. The topological polar surface area (TPSA) is 37.3 Å². The molecule has 1 aromatic rings. The Morgan fingerprint density at radius 1 is 1.50 bits per heavy atom. The van der Waals surface area contributed by atoms with Crippen molar-refractivity contribution >= 4 is 21.9 Å². The highest BCUT2D eigenvalue weighted by atomic mass is 79.9. The van der Waals surface area contributed by atoms with E-state index in [9.17, 15) is 9.90 Å². The first kappa shape index (κ1) is 12.8. The van der Waals surface area contributed by atoms with Crippen LogP contribution in [0.25, 0.3) is 0 Å². The van der Waals surface area contributed by atoms with Crippen molar-refractivity contribution in [2.75, 3.05) is 0 Å². The van der Waals surface area contributed by atoms with E-state index in [0.717, 1.165) is 10.0 Å². The summed E-state index contributed by atoms with van der Waals surface area (Å²) in [6.45, 7) is 1.76. The van der Waals surface area contributed by atoms with Crippen LogP contribution in [-0.4, -0.2) is 11.1 Å². The van der Waals surface area contributed by atoms with Gasteiger partial charge in [-0.2, -0.15) is 0 Å². The van der Waals surface area contributed by atoms with Crippen molar-refractivity contribution in [3.05, 3.63) is 34.3 Å². The van der Waals surface area contributed by atoms with Gasteiger partial charge in [0.25, 0.3) is 0 Å². The first-order valence-corrected chi connectivity index (χ1v) is 5.83. The van der Waals surface area contributed by atoms with Crippen LogP contribution in [0.1, 0.15) is 31.2 Å². The van der Waals surface area contributed by atoms with Crippen molar-refractivity contribution < 1.29 is 9.90 Å². The van der Waals surface area contributed by atoms with E-state index in [-0.39, 0.29) is 0 Å². The molecule has 84 valence electrons. The van der Waals surface area contributed by atoms with Crippen LogP contribution in [0.2, 0.25) is 0 Å². The third-order valence-corrected chi connectivity index (χ3v) is 3.04. The number of carbonyl (C=O) groups is 1. The third kappa shape index (κ3) is 3.39. The summed E-state index contributed by atoms with van der Waals surface area (Å²) in [5.74, 6) is 4.38. The van der Waals surface area contributed by atoms with Gasteiger partial charge in [0.15, 0.2) is 0 Å². The number of rotatable bonds is 4. The Morgan fingerprint density at radius 2 is 2.19 bits per heavy atom. The smallest absolute Gasteiger partial charge is 0.311 e. The van der Waals surface area contributed by atoms with Crippen LogP contribution in [0, 0.1) is 11.8 Å². The summed E-state index contributed by atoms with van der Waals surface area (Å²) >= 11 is 3.37. The lowest BCUT2D eigenvalue weighted by molar-refractivity contribution is -0.138. The quantitative estimate of drug-likeness (QED) is 0.858. The van der Waals surface area contributed by atoms with E-state index >= 15 is 0 Å². The van der Waals surface area contributed by atoms with Crippen molar-refractivity contribution in [3.8, 4) is 11.8 Å². The average Bonchev–Trinajstić information content (AvgIpc) is 2.25. The molecular weight excluding hydrogens is 268 g/mol. The molecule has 0 spiro atoms. The Hall–Kier alpha value is -1.27. The molecule has 0 heterocycles. The van der Waals surface area contributed by atoms with Gasteiger partial charge in [0, 0.05) is 10.9 Å². The minimum atomic E-state index is -0.801. The molecule has 0 bridgehead atoms. The van der Waals surface area contributed by atoms with Gasteiger partial charge in [-0.05, 0) is 25.0 Å². The highest BCUT2D eigenvalue weighted by Gasteiger charge is 2.20. The van der Waals surface area contributed by atoms with Crippen molar-refractivity contribution in [3.63, 3.8) is 0 Å². The molecule has 3 heteroatoms. The van der Waals surface area contributed by atoms with Gasteiger partial charge in [-0.3, -0.25) is 4.79 Å². The summed E-state index contributed by atoms with van der Waals surface area (Å²) in [6, 6.07) is 7.42. The summed E-state index contributed by atoms with van der Waals surface area (Å²) in [7, 11) is 0. The molecule has 1 N–H and O–H groups in total. The molecule has 0 aliphatic rings. The van der Waals surface area contributed by atoms with E-state index in [4.69, 9.17) is 0 Å². The molecule has 0 radical (unpaired) electrons. The standard InChI is InChI=1S/C13H13BrO2/c1-2-3-4-8-11(13(15)16)10-7-5-6-9-12(10)14/h5-7,9,11H,4,8H2,1H3,(H,15,16). The molecule has 0 saturated heterocycles. The second kappa shape index (κ2) is 6.34. The Morgan fingerprint density at radius 3 is 2.75 bits per heavy atom. The molecule has 0 saturated carbocycles. The SMILES string of the molecule is CC#CCCC(C(=O)O)c1ccccc1Br. The maximum absolute atomic E-state index is 11.2. The second-order valence-corrected chi connectivity index (χ2v) is 4.23. The van der Waals surface area contributed by atoms with Crippen LogP contribution in [-0.2, 0) is 4.79 Å². The van der Waals surface area contributed by atoms with Gasteiger partial charge >= 0.3 is 5.97 Å².